The van der Waals surface area contributed by atoms with E-state index in [1.54, 1.807) is 35.2 Å². The van der Waals surface area contributed by atoms with Gasteiger partial charge in [-0.25, -0.2) is 8.42 Å². The molecule has 0 radical (unpaired) electrons. The molecule has 4 rings (SSSR count). The van der Waals surface area contributed by atoms with Gasteiger partial charge in [0, 0.05) is 18.3 Å². The molecule has 3 aromatic rings. The van der Waals surface area contributed by atoms with Gasteiger partial charge in [0.05, 0.1) is 11.9 Å². The highest BCUT2D eigenvalue weighted by Gasteiger charge is 2.26. The Morgan fingerprint density at radius 1 is 0.943 bits per heavy atom. The van der Waals surface area contributed by atoms with E-state index in [4.69, 9.17) is 9.47 Å². The second-order valence-corrected chi connectivity index (χ2v) is 10.1. The molecule has 0 N–H and O–H groups in total. The number of amides is 1. The number of benzene rings is 3. The monoisotopic (exact) mass is 492 g/mol. The third-order valence-electron chi connectivity index (χ3n) is 5.60. The van der Waals surface area contributed by atoms with Crippen molar-refractivity contribution in [3.8, 4) is 11.5 Å². The van der Waals surface area contributed by atoms with Gasteiger partial charge in [-0.3, -0.25) is 9.10 Å². The topological polar surface area (TPSA) is 76.2 Å². The number of sulfonamides is 1. The van der Waals surface area contributed by atoms with Crippen LogP contribution in [0.4, 0.5) is 11.4 Å². The lowest BCUT2D eigenvalue weighted by Crippen LogP contribution is -2.43. The Morgan fingerprint density at radius 3 is 2.34 bits per heavy atom. The maximum atomic E-state index is 13.6. The van der Waals surface area contributed by atoms with Gasteiger partial charge in [-0.2, -0.15) is 0 Å². The minimum absolute atomic E-state index is 0.249. The third kappa shape index (κ3) is 6.02. The number of fused-ring (bicyclic) bond motifs is 1. The maximum Gasteiger partial charge on any atom is 0.248 e. The van der Waals surface area contributed by atoms with Crippen LogP contribution in [0.15, 0.2) is 78.9 Å². The standard InChI is InChI=1S/C27H28N2O5S/c1-21-9-6-7-13-24(21)29(35(2,31)32)20-27(30)28(16-8-12-22-10-4-3-5-11-22)23-14-15-25-26(19-23)34-18-17-33-25/h3-15,19H,16-18,20H2,1-2H3. The minimum Gasteiger partial charge on any atom is -0.486 e. The van der Waals surface area contributed by atoms with Crippen molar-refractivity contribution < 1.29 is 22.7 Å². The fourth-order valence-corrected chi connectivity index (χ4v) is 4.75. The molecule has 0 unspecified atom stereocenters. The van der Waals surface area contributed by atoms with Crippen molar-refractivity contribution >= 4 is 33.4 Å². The molecular formula is C27H28N2O5S. The summed E-state index contributed by atoms with van der Waals surface area (Å²) in [6.07, 6.45) is 4.91. The Bertz CT molecular complexity index is 1320. The summed E-state index contributed by atoms with van der Waals surface area (Å²) in [6.45, 7) is 2.62. The van der Waals surface area contributed by atoms with Gasteiger partial charge in [-0.05, 0) is 36.2 Å². The van der Waals surface area contributed by atoms with Crippen LogP contribution >= 0.6 is 0 Å². The van der Waals surface area contributed by atoms with Gasteiger partial charge in [0.25, 0.3) is 0 Å². The third-order valence-corrected chi connectivity index (χ3v) is 6.73. The molecular weight excluding hydrogens is 464 g/mol. The van der Waals surface area contributed by atoms with Crippen molar-refractivity contribution in [2.24, 2.45) is 0 Å². The molecule has 182 valence electrons. The van der Waals surface area contributed by atoms with E-state index in [1.165, 1.54) is 0 Å². The van der Waals surface area contributed by atoms with Gasteiger partial charge in [0.1, 0.15) is 19.8 Å². The average Bonchev–Trinajstić information content (AvgIpc) is 2.85. The molecule has 0 fully saturated rings. The number of nitrogens with zero attached hydrogens (tertiary/aromatic N) is 2. The first kappa shape index (κ1) is 24.3. The largest absolute Gasteiger partial charge is 0.486 e. The lowest BCUT2D eigenvalue weighted by molar-refractivity contribution is -0.117. The number of carbonyl (C=O) groups excluding carboxylic acids is 1. The molecule has 7 nitrogen and oxygen atoms in total. The Labute approximate surface area is 206 Å². The van der Waals surface area contributed by atoms with Crippen LogP contribution < -0.4 is 18.7 Å². The maximum absolute atomic E-state index is 13.6. The van der Waals surface area contributed by atoms with Crippen molar-refractivity contribution in [2.45, 2.75) is 6.92 Å². The van der Waals surface area contributed by atoms with Gasteiger partial charge < -0.3 is 14.4 Å². The minimum atomic E-state index is -3.71. The van der Waals surface area contributed by atoms with Crippen molar-refractivity contribution in [2.75, 3.05) is 41.8 Å². The summed E-state index contributed by atoms with van der Waals surface area (Å²) >= 11 is 0. The Balaban J connectivity index is 1.65. The van der Waals surface area contributed by atoms with Crippen molar-refractivity contribution in [3.63, 3.8) is 0 Å². The van der Waals surface area contributed by atoms with Gasteiger partial charge >= 0.3 is 0 Å². The summed E-state index contributed by atoms with van der Waals surface area (Å²) in [7, 11) is -3.71. The van der Waals surface area contributed by atoms with E-state index in [2.05, 4.69) is 0 Å². The molecule has 0 atom stereocenters. The molecule has 35 heavy (non-hydrogen) atoms. The first-order chi connectivity index (χ1) is 16.8. The van der Waals surface area contributed by atoms with E-state index in [9.17, 15) is 13.2 Å². The quantitative estimate of drug-likeness (QED) is 0.469. The Kier molecular flexibility index (Phi) is 7.41. The summed E-state index contributed by atoms with van der Waals surface area (Å²) in [5.74, 6) is 0.801. The molecule has 0 saturated carbocycles. The molecule has 0 aromatic heterocycles. The number of para-hydroxylation sites is 1. The van der Waals surface area contributed by atoms with Crippen LogP contribution in [0.5, 0.6) is 11.5 Å². The Morgan fingerprint density at radius 2 is 1.63 bits per heavy atom. The summed E-state index contributed by atoms with van der Waals surface area (Å²) in [6, 6.07) is 22.2. The highest BCUT2D eigenvalue weighted by Crippen LogP contribution is 2.34. The van der Waals surface area contributed by atoms with E-state index < -0.39 is 10.0 Å². The van der Waals surface area contributed by atoms with Gasteiger partial charge in [0.15, 0.2) is 11.5 Å². The van der Waals surface area contributed by atoms with E-state index >= 15 is 0 Å². The zero-order valence-corrected chi connectivity index (χ0v) is 20.6. The zero-order chi connectivity index (χ0) is 24.8. The second-order valence-electron chi connectivity index (χ2n) is 8.20. The van der Waals surface area contributed by atoms with E-state index in [-0.39, 0.29) is 19.0 Å². The predicted molar refractivity (Wildman–Crippen MR) is 139 cm³/mol. The van der Waals surface area contributed by atoms with Crippen molar-refractivity contribution in [1.29, 1.82) is 0 Å². The number of hydrogen-bond acceptors (Lipinski definition) is 5. The van der Waals surface area contributed by atoms with Crippen LogP contribution in [-0.4, -0.2) is 46.9 Å². The number of hydrogen-bond donors (Lipinski definition) is 0. The number of ether oxygens (including phenoxy) is 2. The van der Waals surface area contributed by atoms with Gasteiger partial charge in [0.2, 0.25) is 15.9 Å². The summed E-state index contributed by atoms with van der Waals surface area (Å²) in [5, 5.41) is 0. The van der Waals surface area contributed by atoms with E-state index in [0.29, 0.717) is 36.1 Å². The molecule has 1 heterocycles. The highest BCUT2D eigenvalue weighted by atomic mass is 32.2. The average molecular weight is 493 g/mol. The Hall–Kier alpha value is -3.78. The van der Waals surface area contributed by atoms with Crippen LogP contribution in [0.1, 0.15) is 11.1 Å². The first-order valence-corrected chi connectivity index (χ1v) is 13.1. The van der Waals surface area contributed by atoms with Crippen molar-refractivity contribution in [1.82, 2.24) is 0 Å². The zero-order valence-electron chi connectivity index (χ0n) is 19.8. The van der Waals surface area contributed by atoms with Crippen LogP contribution in [0.25, 0.3) is 6.08 Å². The van der Waals surface area contributed by atoms with Gasteiger partial charge in [-0.15, -0.1) is 0 Å². The fourth-order valence-electron chi connectivity index (χ4n) is 3.84. The van der Waals surface area contributed by atoms with Gasteiger partial charge in [-0.1, -0.05) is 60.7 Å². The fraction of sp³-hybridized carbons (Fsp3) is 0.222. The highest BCUT2D eigenvalue weighted by molar-refractivity contribution is 7.92. The molecule has 0 aliphatic carbocycles. The van der Waals surface area contributed by atoms with E-state index in [1.807, 2.05) is 61.5 Å². The molecule has 3 aromatic carbocycles. The van der Waals surface area contributed by atoms with E-state index in [0.717, 1.165) is 21.7 Å². The number of aryl methyl sites for hydroxylation is 1. The van der Waals surface area contributed by atoms with Crippen molar-refractivity contribution in [3.05, 3.63) is 90.0 Å². The molecule has 8 heteroatoms. The molecule has 0 spiro atoms. The SMILES string of the molecule is Cc1ccccc1N(CC(=O)N(CC=Cc1ccccc1)c1ccc2c(c1)OCCO2)S(C)(=O)=O. The molecule has 0 bridgehead atoms. The normalized spacial score (nSPS) is 13.0. The van der Waals surface area contributed by atoms with Crippen LogP contribution in [0.2, 0.25) is 0 Å². The summed E-state index contributed by atoms with van der Waals surface area (Å²) in [5.41, 5.74) is 2.83. The number of carbonyl (C=O) groups is 1. The van der Waals surface area contributed by atoms with Crippen LogP contribution in [0, 0.1) is 6.92 Å². The number of rotatable bonds is 8. The predicted octanol–water partition coefficient (Wildman–Crippen LogP) is 4.28. The van der Waals surface area contributed by atoms with Crippen LogP contribution in [-0.2, 0) is 14.8 Å². The first-order valence-electron chi connectivity index (χ1n) is 11.3. The summed E-state index contributed by atoms with van der Waals surface area (Å²) in [4.78, 5) is 15.2. The summed E-state index contributed by atoms with van der Waals surface area (Å²) < 4.78 is 37.8. The lowest BCUT2D eigenvalue weighted by atomic mass is 10.2. The lowest BCUT2D eigenvalue weighted by Gasteiger charge is -2.28. The molecule has 0 saturated heterocycles. The number of anilines is 2. The molecule has 1 amide bonds. The molecule has 1 aliphatic rings. The van der Waals surface area contributed by atoms with Crippen LogP contribution in [0.3, 0.4) is 0 Å². The smallest absolute Gasteiger partial charge is 0.248 e. The molecule has 1 aliphatic heterocycles. The second kappa shape index (κ2) is 10.7.